The quantitative estimate of drug-likeness (QED) is 0.610. The Kier molecular flexibility index (Phi) is 7.96. The van der Waals surface area contributed by atoms with Crippen LogP contribution < -0.4 is 14.8 Å². The number of ether oxygens (including phenoxy) is 3. The second-order valence-electron chi connectivity index (χ2n) is 4.97. The van der Waals surface area contributed by atoms with Crippen LogP contribution in [0, 0.1) is 0 Å². The fourth-order valence-corrected chi connectivity index (χ4v) is 3.23. The minimum Gasteiger partial charge on any atom is -0.497 e. The Morgan fingerprint density at radius 2 is 1.92 bits per heavy atom. The van der Waals surface area contributed by atoms with Gasteiger partial charge in [0.25, 0.3) is 0 Å². The van der Waals surface area contributed by atoms with E-state index in [1.54, 1.807) is 13.2 Å². The first-order chi connectivity index (χ1) is 11.4. The monoisotopic (exact) mass is 360 g/mol. The van der Waals surface area contributed by atoms with E-state index in [0.29, 0.717) is 25.3 Å². The van der Waals surface area contributed by atoms with E-state index in [0.717, 1.165) is 4.31 Å². The van der Waals surface area contributed by atoms with Gasteiger partial charge in [-0.25, -0.2) is 8.42 Å². The van der Waals surface area contributed by atoms with Crippen LogP contribution in [0.3, 0.4) is 0 Å². The van der Waals surface area contributed by atoms with Crippen molar-refractivity contribution in [1.29, 1.82) is 0 Å². The Balaban J connectivity index is 2.85. The maximum absolute atomic E-state index is 12.7. The van der Waals surface area contributed by atoms with Crippen molar-refractivity contribution in [2.24, 2.45) is 0 Å². The van der Waals surface area contributed by atoms with Crippen molar-refractivity contribution in [2.45, 2.75) is 11.3 Å². The number of amides is 1. The van der Waals surface area contributed by atoms with Gasteiger partial charge in [0.2, 0.25) is 15.9 Å². The second-order valence-corrected chi connectivity index (χ2v) is 6.99. The molecule has 0 heterocycles. The van der Waals surface area contributed by atoms with Crippen LogP contribution in [0.25, 0.3) is 0 Å². The van der Waals surface area contributed by atoms with Gasteiger partial charge in [-0.05, 0) is 18.6 Å². The van der Waals surface area contributed by atoms with Gasteiger partial charge in [0.15, 0.2) is 0 Å². The second kappa shape index (κ2) is 9.45. The van der Waals surface area contributed by atoms with Crippen LogP contribution in [0.15, 0.2) is 23.1 Å². The summed E-state index contributed by atoms with van der Waals surface area (Å²) in [5.41, 5.74) is 0. The Labute approximate surface area is 142 Å². The van der Waals surface area contributed by atoms with Crippen molar-refractivity contribution in [2.75, 3.05) is 48.1 Å². The first-order valence-corrected chi connectivity index (χ1v) is 8.74. The van der Waals surface area contributed by atoms with Gasteiger partial charge in [-0.3, -0.25) is 4.79 Å². The molecule has 1 rings (SSSR count). The summed E-state index contributed by atoms with van der Waals surface area (Å²) in [6.07, 6.45) is 0.655. The molecule has 0 aliphatic carbocycles. The molecule has 1 aromatic carbocycles. The van der Waals surface area contributed by atoms with Crippen LogP contribution in [-0.2, 0) is 19.6 Å². The lowest BCUT2D eigenvalue weighted by atomic mass is 10.3. The molecule has 24 heavy (non-hydrogen) atoms. The highest BCUT2D eigenvalue weighted by molar-refractivity contribution is 7.89. The molecule has 1 amide bonds. The van der Waals surface area contributed by atoms with Crippen molar-refractivity contribution >= 4 is 15.9 Å². The molecular formula is C15H24N2O6S. The third-order valence-electron chi connectivity index (χ3n) is 3.27. The molecule has 1 aromatic rings. The first kappa shape index (κ1) is 20.2. The molecular weight excluding hydrogens is 336 g/mol. The number of methoxy groups -OCH3 is 3. The van der Waals surface area contributed by atoms with Gasteiger partial charge < -0.3 is 19.5 Å². The molecule has 0 fully saturated rings. The molecule has 1 N–H and O–H groups in total. The molecule has 0 spiro atoms. The number of likely N-dealkylation sites (N-methyl/N-ethyl adjacent to an activating group) is 1. The smallest absolute Gasteiger partial charge is 0.247 e. The van der Waals surface area contributed by atoms with Gasteiger partial charge in [0.05, 0.1) is 20.8 Å². The molecule has 0 aliphatic heterocycles. The van der Waals surface area contributed by atoms with E-state index in [4.69, 9.17) is 14.2 Å². The number of carbonyl (C=O) groups is 1. The minimum atomic E-state index is -3.90. The van der Waals surface area contributed by atoms with Crippen LogP contribution in [0.1, 0.15) is 6.42 Å². The maximum atomic E-state index is 12.7. The molecule has 8 nitrogen and oxygen atoms in total. The highest BCUT2D eigenvalue weighted by atomic mass is 32.2. The number of rotatable bonds is 10. The third kappa shape index (κ3) is 5.36. The van der Waals surface area contributed by atoms with Crippen molar-refractivity contribution < 1.29 is 27.4 Å². The van der Waals surface area contributed by atoms with Gasteiger partial charge in [-0.2, -0.15) is 4.31 Å². The summed E-state index contributed by atoms with van der Waals surface area (Å²) in [7, 11) is 1.83. The van der Waals surface area contributed by atoms with Crippen molar-refractivity contribution in [1.82, 2.24) is 9.62 Å². The summed E-state index contributed by atoms with van der Waals surface area (Å²) in [5.74, 6) is 0.175. The van der Waals surface area contributed by atoms with Gasteiger partial charge in [0, 0.05) is 33.4 Å². The molecule has 0 unspecified atom stereocenters. The predicted octanol–water partition coefficient (Wildman–Crippen LogP) is 0.477. The Bertz CT molecular complexity index is 647. The Morgan fingerprint density at radius 3 is 2.50 bits per heavy atom. The molecule has 0 atom stereocenters. The highest BCUT2D eigenvalue weighted by Crippen LogP contribution is 2.29. The standard InChI is InChI=1S/C15H24N2O6S/c1-17(11-15(18)16-8-5-9-21-2)24(19,20)14-10-12(22-3)6-7-13(14)23-4/h6-7,10H,5,8-9,11H2,1-4H3,(H,16,18). The normalized spacial score (nSPS) is 11.4. The zero-order valence-corrected chi connectivity index (χ0v) is 15.2. The number of carbonyl (C=O) groups excluding carboxylic acids is 1. The fraction of sp³-hybridized carbons (Fsp3) is 0.533. The van der Waals surface area contributed by atoms with E-state index < -0.39 is 10.0 Å². The van der Waals surface area contributed by atoms with E-state index in [-0.39, 0.29) is 23.1 Å². The zero-order valence-electron chi connectivity index (χ0n) is 14.4. The molecule has 9 heteroatoms. The highest BCUT2D eigenvalue weighted by Gasteiger charge is 2.27. The summed E-state index contributed by atoms with van der Waals surface area (Å²) < 4.78 is 41.4. The number of nitrogens with one attached hydrogen (secondary N) is 1. The molecule has 136 valence electrons. The van der Waals surface area contributed by atoms with Gasteiger partial charge >= 0.3 is 0 Å². The minimum absolute atomic E-state index is 0.0565. The Morgan fingerprint density at radius 1 is 1.21 bits per heavy atom. The van der Waals surface area contributed by atoms with Crippen molar-refractivity contribution in [3.8, 4) is 11.5 Å². The van der Waals surface area contributed by atoms with Crippen molar-refractivity contribution in [3.05, 3.63) is 18.2 Å². The fourth-order valence-electron chi connectivity index (χ4n) is 1.94. The molecule has 0 aliphatic rings. The van der Waals surface area contributed by atoms with Crippen LogP contribution in [0.2, 0.25) is 0 Å². The summed E-state index contributed by atoms with van der Waals surface area (Å²) in [4.78, 5) is 11.8. The van der Waals surface area contributed by atoms with Gasteiger partial charge in [0.1, 0.15) is 16.4 Å². The largest absolute Gasteiger partial charge is 0.497 e. The zero-order chi connectivity index (χ0) is 18.2. The summed E-state index contributed by atoms with van der Waals surface area (Å²) in [6, 6.07) is 4.46. The van der Waals surface area contributed by atoms with Gasteiger partial charge in [-0.15, -0.1) is 0 Å². The summed E-state index contributed by atoms with van der Waals surface area (Å²) in [6.45, 7) is 0.647. The lowest BCUT2D eigenvalue weighted by Gasteiger charge is -2.19. The first-order valence-electron chi connectivity index (χ1n) is 7.30. The van der Waals surface area contributed by atoms with E-state index in [1.165, 1.54) is 33.4 Å². The number of sulfonamides is 1. The topological polar surface area (TPSA) is 94.2 Å². The molecule has 0 radical (unpaired) electrons. The van der Waals surface area contributed by atoms with E-state index in [9.17, 15) is 13.2 Å². The number of hydrogen-bond acceptors (Lipinski definition) is 6. The number of benzene rings is 1. The lowest BCUT2D eigenvalue weighted by molar-refractivity contribution is -0.121. The molecule has 0 saturated carbocycles. The molecule has 0 aromatic heterocycles. The SMILES string of the molecule is COCCCNC(=O)CN(C)S(=O)(=O)c1cc(OC)ccc1OC. The summed E-state index contributed by atoms with van der Waals surface area (Å²) >= 11 is 0. The maximum Gasteiger partial charge on any atom is 0.247 e. The van der Waals surface area contributed by atoms with E-state index >= 15 is 0 Å². The van der Waals surface area contributed by atoms with Crippen molar-refractivity contribution in [3.63, 3.8) is 0 Å². The Hall–Kier alpha value is -1.84. The van der Waals surface area contributed by atoms with Crippen LogP contribution in [-0.4, -0.2) is 66.7 Å². The lowest BCUT2D eigenvalue weighted by Crippen LogP contribution is -2.38. The molecule has 0 saturated heterocycles. The predicted molar refractivity (Wildman–Crippen MR) is 88.9 cm³/mol. The van der Waals surface area contributed by atoms with Crippen LogP contribution in [0.5, 0.6) is 11.5 Å². The van der Waals surface area contributed by atoms with Crippen LogP contribution >= 0.6 is 0 Å². The third-order valence-corrected chi connectivity index (χ3v) is 5.10. The van der Waals surface area contributed by atoms with E-state index in [2.05, 4.69) is 5.32 Å². The average molecular weight is 360 g/mol. The molecule has 0 bridgehead atoms. The summed E-state index contributed by atoms with van der Waals surface area (Å²) in [5, 5.41) is 2.64. The number of nitrogens with zero attached hydrogens (tertiary/aromatic N) is 1. The van der Waals surface area contributed by atoms with Gasteiger partial charge in [-0.1, -0.05) is 0 Å². The van der Waals surface area contributed by atoms with Crippen LogP contribution in [0.4, 0.5) is 0 Å². The average Bonchev–Trinajstić information content (AvgIpc) is 2.57. The van der Waals surface area contributed by atoms with E-state index in [1.807, 2.05) is 0 Å². The number of hydrogen-bond donors (Lipinski definition) is 1.